The number of oxazole rings is 1. The molecule has 4 rings (SSSR count). The first kappa shape index (κ1) is 21.7. The lowest BCUT2D eigenvalue weighted by atomic mass is 10.1. The summed E-state index contributed by atoms with van der Waals surface area (Å²) in [5.41, 5.74) is 2.44. The third-order valence-corrected chi connectivity index (χ3v) is 6.36. The van der Waals surface area contributed by atoms with Crippen LogP contribution in [0, 0.1) is 6.92 Å². The number of benzene rings is 2. The minimum atomic E-state index is -3.61. The molecule has 2 heterocycles. The second kappa shape index (κ2) is 8.56. The molecule has 0 aliphatic carbocycles. The molecule has 0 N–H and O–H groups in total. The van der Waals surface area contributed by atoms with Crippen LogP contribution in [0.5, 0.6) is 17.6 Å². The summed E-state index contributed by atoms with van der Waals surface area (Å²) >= 11 is 0. The summed E-state index contributed by atoms with van der Waals surface area (Å²) in [5.74, 6) is 0.857. The molecule has 2 aromatic carbocycles. The summed E-state index contributed by atoms with van der Waals surface area (Å²) in [6.07, 6.45) is 0. The first-order valence-corrected chi connectivity index (χ1v) is 11.3. The van der Waals surface area contributed by atoms with Crippen molar-refractivity contribution in [3.8, 4) is 29.1 Å². The van der Waals surface area contributed by atoms with Gasteiger partial charge in [-0.1, -0.05) is 23.8 Å². The van der Waals surface area contributed by atoms with Gasteiger partial charge in [-0.15, -0.1) is 0 Å². The summed E-state index contributed by atoms with van der Waals surface area (Å²) in [5, 5.41) is 0. The lowest BCUT2D eigenvalue weighted by Crippen LogP contribution is -2.22. The third kappa shape index (κ3) is 4.27. The molecule has 9 nitrogen and oxygen atoms in total. The fraction of sp³-hybridized carbons (Fsp3) is 0.227. The Morgan fingerprint density at radius 2 is 1.81 bits per heavy atom. The van der Waals surface area contributed by atoms with Gasteiger partial charge in [0.1, 0.15) is 5.75 Å². The highest BCUT2D eigenvalue weighted by Crippen LogP contribution is 2.31. The zero-order valence-electron chi connectivity index (χ0n) is 18.1. The molecule has 0 unspecified atom stereocenters. The van der Waals surface area contributed by atoms with Gasteiger partial charge in [-0.25, -0.2) is 17.7 Å². The standard InChI is InChI=1S/C22H22N4O5S/c1-5-29-20-18-21(31-19(23-18)15-9-6-8-14(2)12-15)25-22(24-20)30-16-10-7-11-17(13-16)32(27,28)26(3)4/h6-13H,5H2,1-4H3. The van der Waals surface area contributed by atoms with E-state index in [2.05, 4.69) is 15.0 Å². The lowest BCUT2D eigenvalue weighted by Gasteiger charge is -2.12. The maximum absolute atomic E-state index is 12.4. The average molecular weight is 455 g/mol. The lowest BCUT2D eigenvalue weighted by molar-refractivity contribution is 0.322. The molecule has 0 saturated carbocycles. The molecule has 0 fully saturated rings. The highest BCUT2D eigenvalue weighted by Gasteiger charge is 2.20. The Kier molecular flexibility index (Phi) is 5.81. The van der Waals surface area contributed by atoms with Gasteiger partial charge < -0.3 is 13.9 Å². The van der Waals surface area contributed by atoms with Gasteiger partial charge in [0, 0.05) is 25.7 Å². The molecule has 0 aliphatic rings. The summed E-state index contributed by atoms with van der Waals surface area (Å²) < 4.78 is 43.2. The molecule has 0 atom stereocenters. The van der Waals surface area contributed by atoms with Crippen molar-refractivity contribution in [3.05, 3.63) is 54.1 Å². The number of hydrogen-bond donors (Lipinski definition) is 0. The number of fused-ring (bicyclic) bond motifs is 1. The van der Waals surface area contributed by atoms with Gasteiger partial charge in [-0.05, 0) is 38.1 Å². The van der Waals surface area contributed by atoms with Gasteiger partial charge in [0.25, 0.3) is 11.6 Å². The van der Waals surface area contributed by atoms with E-state index in [1.807, 2.05) is 38.1 Å². The SMILES string of the molecule is CCOc1nc(Oc2cccc(S(=O)(=O)N(C)C)c2)nc2oc(-c3cccc(C)c3)nc12. The summed E-state index contributed by atoms with van der Waals surface area (Å²) in [6.45, 7) is 4.16. The topological polar surface area (TPSA) is 108 Å². The normalized spacial score (nSPS) is 11.8. The molecule has 0 aliphatic heterocycles. The predicted octanol–water partition coefficient (Wildman–Crippen LogP) is 4.03. The summed E-state index contributed by atoms with van der Waals surface area (Å²) in [4.78, 5) is 13.2. The van der Waals surface area contributed by atoms with Gasteiger partial charge in [0.15, 0.2) is 5.52 Å². The second-order valence-corrected chi connectivity index (χ2v) is 9.30. The molecule has 0 amide bonds. The van der Waals surface area contributed by atoms with Crippen LogP contribution in [-0.4, -0.2) is 48.4 Å². The van der Waals surface area contributed by atoms with Crippen molar-refractivity contribution >= 4 is 21.3 Å². The van der Waals surface area contributed by atoms with E-state index in [-0.39, 0.29) is 28.2 Å². The maximum atomic E-state index is 12.4. The minimum Gasteiger partial charge on any atom is -0.476 e. The van der Waals surface area contributed by atoms with Gasteiger partial charge in [0.2, 0.25) is 15.9 Å². The molecule has 166 valence electrons. The molecular formula is C22H22N4O5S. The number of sulfonamides is 1. The first-order chi connectivity index (χ1) is 15.3. The quantitative estimate of drug-likeness (QED) is 0.412. The molecule has 2 aromatic heterocycles. The molecule has 0 bridgehead atoms. The summed E-state index contributed by atoms with van der Waals surface area (Å²) in [7, 11) is -0.690. The van der Waals surface area contributed by atoms with Crippen molar-refractivity contribution in [2.75, 3.05) is 20.7 Å². The van der Waals surface area contributed by atoms with Crippen LogP contribution in [0.1, 0.15) is 12.5 Å². The highest BCUT2D eigenvalue weighted by atomic mass is 32.2. The van der Waals surface area contributed by atoms with E-state index < -0.39 is 10.0 Å². The van der Waals surface area contributed by atoms with Crippen LogP contribution in [0.25, 0.3) is 22.7 Å². The van der Waals surface area contributed by atoms with E-state index in [1.165, 1.54) is 26.2 Å². The number of rotatable bonds is 7. The molecule has 10 heteroatoms. The Bertz CT molecular complexity index is 1380. The van der Waals surface area contributed by atoms with Crippen LogP contribution in [-0.2, 0) is 10.0 Å². The Balaban J connectivity index is 1.74. The number of aromatic nitrogens is 3. The van der Waals surface area contributed by atoms with Gasteiger partial charge in [0.05, 0.1) is 11.5 Å². The van der Waals surface area contributed by atoms with E-state index in [1.54, 1.807) is 12.1 Å². The van der Waals surface area contributed by atoms with E-state index in [0.29, 0.717) is 18.0 Å². The Labute approximate surface area is 185 Å². The minimum absolute atomic E-state index is 0.0488. The zero-order chi connectivity index (χ0) is 22.9. The maximum Gasteiger partial charge on any atom is 0.328 e. The van der Waals surface area contributed by atoms with Gasteiger partial charge in [-0.3, -0.25) is 0 Å². The van der Waals surface area contributed by atoms with Crippen molar-refractivity contribution in [1.29, 1.82) is 0 Å². The van der Waals surface area contributed by atoms with Crippen LogP contribution in [0.2, 0.25) is 0 Å². The first-order valence-electron chi connectivity index (χ1n) is 9.87. The molecule has 0 saturated heterocycles. The van der Waals surface area contributed by atoms with Crippen LogP contribution >= 0.6 is 0 Å². The smallest absolute Gasteiger partial charge is 0.328 e. The second-order valence-electron chi connectivity index (χ2n) is 7.15. The fourth-order valence-electron chi connectivity index (χ4n) is 2.98. The average Bonchev–Trinajstić information content (AvgIpc) is 3.18. The van der Waals surface area contributed by atoms with Crippen LogP contribution < -0.4 is 9.47 Å². The Morgan fingerprint density at radius 3 is 2.53 bits per heavy atom. The monoisotopic (exact) mass is 454 g/mol. The van der Waals surface area contributed by atoms with Crippen molar-refractivity contribution in [1.82, 2.24) is 19.3 Å². The molecule has 4 aromatic rings. The van der Waals surface area contributed by atoms with Crippen LogP contribution in [0.3, 0.4) is 0 Å². The van der Waals surface area contributed by atoms with E-state index in [4.69, 9.17) is 13.9 Å². The van der Waals surface area contributed by atoms with Crippen molar-refractivity contribution in [3.63, 3.8) is 0 Å². The number of hydrogen-bond acceptors (Lipinski definition) is 8. The fourth-order valence-corrected chi connectivity index (χ4v) is 3.92. The van der Waals surface area contributed by atoms with Gasteiger partial charge in [-0.2, -0.15) is 9.97 Å². The van der Waals surface area contributed by atoms with E-state index in [9.17, 15) is 8.42 Å². The van der Waals surface area contributed by atoms with Crippen molar-refractivity contribution < 1.29 is 22.3 Å². The van der Waals surface area contributed by atoms with Crippen LogP contribution in [0.15, 0.2) is 57.8 Å². The largest absolute Gasteiger partial charge is 0.476 e. The van der Waals surface area contributed by atoms with Crippen molar-refractivity contribution in [2.24, 2.45) is 0 Å². The highest BCUT2D eigenvalue weighted by molar-refractivity contribution is 7.89. The molecular weight excluding hydrogens is 432 g/mol. The number of ether oxygens (including phenoxy) is 2. The van der Waals surface area contributed by atoms with Crippen molar-refractivity contribution in [2.45, 2.75) is 18.7 Å². The summed E-state index contributed by atoms with van der Waals surface area (Å²) in [6, 6.07) is 13.8. The Hall–Kier alpha value is -3.50. The van der Waals surface area contributed by atoms with Crippen LogP contribution in [0.4, 0.5) is 0 Å². The predicted molar refractivity (Wildman–Crippen MR) is 118 cm³/mol. The molecule has 0 spiro atoms. The van der Waals surface area contributed by atoms with E-state index >= 15 is 0 Å². The Morgan fingerprint density at radius 1 is 1.03 bits per heavy atom. The zero-order valence-corrected chi connectivity index (χ0v) is 18.9. The molecule has 0 radical (unpaired) electrons. The number of nitrogens with zero attached hydrogens (tertiary/aromatic N) is 4. The third-order valence-electron chi connectivity index (χ3n) is 4.55. The van der Waals surface area contributed by atoms with E-state index in [0.717, 1.165) is 15.4 Å². The number of aryl methyl sites for hydroxylation is 1. The van der Waals surface area contributed by atoms with Gasteiger partial charge >= 0.3 is 6.01 Å². The molecule has 32 heavy (non-hydrogen) atoms.